The molecule has 0 aliphatic heterocycles. The van der Waals surface area contributed by atoms with Gasteiger partial charge in [0.2, 0.25) is 11.8 Å². The summed E-state index contributed by atoms with van der Waals surface area (Å²) in [6, 6.07) is 10.3. The third-order valence-electron chi connectivity index (χ3n) is 5.01. The van der Waals surface area contributed by atoms with Crippen molar-refractivity contribution in [2.24, 2.45) is 19.1 Å². The maximum absolute atomic E-state index is 12.9. The second-order valence-electron chi connectivity index (χ2n) is 7.55. The summed E-state index contributed by atoms with van der Waals surface area (Å²) in [4.78, 5) is 42.3. The number of halogens is 2. The number of nitrogens with one attached hydrogen (secondary N) is 1. The second-order valence-corrected chi connectivity index (χ2v) is 9.87. The molecule has 0 atom stereocenters. The van der Waals surface area contributed by atoms with Gasteiger partial charge < -0.3 is 10.4 Å². The van der Waals surface area contributed by atoms with Crippen LogP contribution in [0, 0.1) is 13.8 Å². The summed E-state index contributed by atoms with van der Waals surface area (Å²) in [5.41, 5.74) is 1.37. The summed E-state index contributed by atoms with van der Waals surface area (Å²) in [6.07, 6.45) is 0. The first-order chi connectivity index (χ1) is 16.0. The first-order valence-corrected chi connectivity index (χ1v) is 12.2. The second kappa shape index (κ2) is 10.6. The van der Waals surface area contributed by atoms with E-state index in [1.807, 2.05) is 26.0 Å². The summed E-state index contributed by atoms with van der Waals surface area (Å²) in [5, 5.41) is 14.1. The van der Waals surface area contributed by atoms with Gasteiger partial charge in [0, 0.05) is 29.3 Å². The lowest BCUT2D eigenvalue weighted by Gasteiger charge is -2.14. The molecule has 0 fully saturated rings. The number of aliphatic imine (C=N–C) groups is 1. The van der Waals surface area contributed by atoms with Crippen LogP contribution in [0.15, 0.2) is 55.5 Å². The molecule has 1 aromatic heterocycles. The van der Waals surface area contributed by atoms with Crippen LogP contribution in [-0.4, -0.2) is 30.9 Å². The lowest BCUT2D eigenvalue weighted by atomic mass is 10.1. The Morgan fingerprint density at radius 2 is 1.71 bits per heavy atom. The number of benzene rings is 2. The highest BCUT2D eigenvalue weighted by molar-refractivity contribution is 9.10. The molecule has 34 heavy (non-hydrogen) atoms. The molecule has 0 spiro atoms. The summed E-state index contributed by atoms with van der Waals surface area (Å²) < 4.78 is 2.73. The number of anilines is 1. The maximum atomic E-state index is 12.9. The highest BCUT2D eigenvalue weighted by Gasteiger charge is 2.22. The Kier molecular flexibility index (Phi) is 8.06. The number of aryl methyl sites for hydroxylation is 2. The van der Waals surface area contributed by atoms with Gasteiger partial charge in [0.1, 0.15) is 10.6 Å². The van der Waals surface area contributed by atoms with Crippen molar-refractivity contribution in [2.75, 3.05) is 11.1 Å². The number of aromatic hydroxyl groups is 1. The zero-order chi connectivity index (χ0) is 25.2. The van der Waals surface area contributed by atoms with Gasteiger partial charge in [0.25, 0.3) is 5.56 Å². The first-order valence-electron chi connectivity index (χ1n) is 10.0. The molecule has 0 unspecified atom stereocenters. The number of carbonyl (C=O) groups is 1. The molecule has 0 bridgehead atoms. The lowest BCUT2D eigenvalue weighted by Crippen LogP contribution is -2.39. The van der Waals surface area contributed by atoms with E-state index in [-0.39, 0.29) is 22.3 Å². The van der Waals surface area contributed by atoms with Crippen LogP contribution in [0.25, 0.3) is 0 Å². The van der Waals surface area contributed by atoms with Gasteiger partial charge in [-0.3, -0.25) is 18.7 Å². The molecule has 1 heterocycles. The predicted octanol–water partition coefficient (Wildman–Crippen LogP) is 4.27. The van der Waals surface area contributed by atoms with Crippen LogP contribution in [0.4, 0.5) is 11.4 Å². The minimum Gasteiger partial charge on any atom is -0.494 e. The van der Waals surface area contributed by atoms with Gasteiger partial charge in [-0.25, -0.2) is 9.79 Å². The molecule has 1 amide bonds. The van der Waals surface area contributed by atoms with Crippen molar-refractivity contribution in [1.29, 1.82) is 0 Å². The summed E-state index contributed by atoms with van der Waals surface area (Å²) in [6.45, 7) is 3.78. The lowest BCUT2D eigenvalue weighted by molar-refractivity contribution is -0.113. The fraction of sp³-hybridized carbons (Fsp3) is 0.217. The van der Waals surface area contributed by atoms with E-state index in [4.69, 9.17) is 11.6 Å². The van der Waals surface area contributed by atoms with Gasteiger partial charge in [-0.1, -0.05) is 39.3 Å². The summed E-state index contributed by atoms with van der Waals surface area (Å²) >= 11 is 10.4. The number of amides is 1. The normalized spacial score (nSPS) is 11.5. The molecule has 3 aromatic rings. The molecule has 0 radical (unpaired) electrons. The molecule has 178 valence electrons. The highest BCUT2D eigenvalue weighted by Crippen LogP contribution is 2.27. The molecule has 0 saturated heterocycles. The highest BCUT2D eigenvalue weighted by atomic mass is 79.9. The van der Waals surface area contributed by atoms with E-state index in [9.17, 15) is 19.5 Å². The molecule has 8 nitrogen and oxygen atoms in total. The van der Waals surface area contributed by atoms with Crippen LogP contribution in [0.1, 0.15) is 16.7 Å². The number of aromatic nitrogens is 2. The molecular formula is C23H22BrClN4O4S. The van der Waals surface area contributed by atoms with Gasteiger partial charge >= 0.3 is 5.69 Å². The molecule has 2 aromatic carbocycles. The van der Waals surface area contributed by atoms with E-state index in [1.54, 1.807) is 24.3 Å². The third kappa shape index (κ3) is 5.63. The Balaban J connectivity index is 1.99. The van der Waals surface area contributed by atoms with E-state index >= 15 is 0 Å². The van der Waals surface area contributed by atoms with E-state index in [0.29, 0.717) is 16.4 Å². The van der Waals surface area contributed by atoms with Crippen LogP contribution >= 0.6 is 39.3 Å². The maximum Gasteiger partial charge on any atom is 0.333 e. The monoisotopic (exact) mass is 564 g/mol. The molecule has 0 aliphatic carbocycles. The van der Waals surface area contributed by atoms with E-state index in [0.717, 1.165) is 36.5 Å². The van der Waals surface area contributed by atoms with E-state index < -0.39 is 17.1 Å². The van der Waals surface area contributed by atoms with Gasteiger partial charge in [0.05, 0.1) is 11.4 Å². The summed E-state index contributed by atoms with van der Waals surface area (Å²) in [7, 11) is 2.65. The van der Waals surface area contributed by atoms with Crippen LogP contribution < -0.4 is 16.6 Å². The average molecular weight is 566 g/mol. The fourth-order valence-electron chi connectivity index (χ4n) is 3.23. The number of thioether (sulfide) groups is 1. The van der Waals surface area contributed by atoms with Gasteiger partial charge in [-0.15, -0.1) is 0 Å². The van der Waals surface area contributed by atoms with Crippen molar-refractivity contribution in [2.45, 2.75) is 13.8 Å². The van der Waals surface area contributed by atoms with E-state index in [2.05, 4.69) is 26.2 Å². The van der Waals surface area contributed by atoms with Crippen molar-refractivity contribution in [3.05, 3.63) is 83.4 Å². The largest absolute Gasteiger partial charge is 0.494 e. The van der Waals surface area contributed by atoms with Crippen LogP contribution in [0.3, 0.4) is 0 Å². The smallest absolute Gasteiger partial charge is 0.333 e. The standard InChI is InChI=1S/C23H22BrClN4O4S/c1-12-9-14(24)10-13(2)19(12)27-17(30)11-34-20(26-16-7-5-15(25)6-8-16)18-21(31)28(3)23(33)29(4)22(18)32/h5-10,31H,11H2,1-4H3,(H,27,30). The van der Waals surface area contributed by atoms with Crippen molar-refractivity contribution < 1.29 is 9.90 Å². The molecular weight excluding hydrogens is 544 g/mol. The van der Waals surface area contributed by atoms with Crippen molar-refractivity contribution in [3.8, 4) is 5.88 Å². The number of nitrogens with zero attached hydrogens (tertiary/aromatic N) is 3. The zero-order valence-electron chi connectivity index (χ0n) is 18.8. The van der Waals surface area contributed by atoms with Gasteiger partial charge in [-0.05, 0) is 61.4 Å². The predicted molar refractivity (Wildman–Crippen MR) is 141 cm³/mol. The SMILES string of the molecule is Cc1cc(Br)cc(C)c1NC(=O)CSC(=Nc1ccc(Cl)cc1)c1c(O)n(C)c(=O)n(C)c1=O. The Hall–Kier alpha value is -2.82. The first kappa shape index (κ1) is 25.8. The van der Waals surface area contributed by atoms with Crippen LogP contribution in [0.2, 0.25) is 5.02 Å². The summed E-state index contributed by atoms with van der Waals surface area (Å²) in [5.74, 6) is -0.941. The topological polar surface area (TPSA) is 106 Å². The third-order valence-corrected chi connectivity index (χ3v) is 6.69. The minimum absolute atomic E-state index is 0.0905. The quantitative estimate of drug-likeness (QED) is 0.355. The Morgan fingerprint density at radius 3 is 2.29 bits per heavy atom. The van der Waals surface area contributed by atoms with Crippen LogP contribution in [0.5, 0.6) is 5.88 Å². The van der Waals surface area contributed by atoms with Crippen molar-refractivity contribution in [1.82, 2.24) is 9.13 Å². The molecule has 11 heteroatoms. The minimum atomic E-state index is -0.721. The molecule has 0 saturated carbocycles. The molecule has 2 N–H and O–H groups in total. The van der Waals surface area contributed by atoms with E-state index in [1.165, 1.54) is 14.1 Å². The van der Waals surface area contributed by atoms with Gasteiger partial charge in [-0.2, -0.15) is 0 Å². The Bertz CT molecular complexity index is 1390. The molecule has 3 rings (SSSR count). The van der Waals surface area contributed by atoms with Crippen LogP contribution in [-0.2, 0) is 18.9 Å². The Labute approximate surface area is 213 Å². The zero-order valence-corrected chi connectivity index (χ0v) is 22.0. The number of carbonyl (C=O) groups excluding carboxylic acids is 1. The number of hydrogen-bond acceptors (Lipinski definition) is 6. The Morgan fingerprint density at radius 1 is 1.12 bits per heavy atom. The average Bonchev–Trinajstić information content (AvgIpc) is 2.78. The van der Waals surface area contributed by atoms with Gasteiger partial charge in [0.15, 0.2) is 0 Å². The number of rotatable bonds is 5. The molecule has 0 aliphatic rings. The van der Waals surface area contributed by atoms with Crippen molar-refractivity contribution in [3.63, 3.8) is 0 Å². The number of hydrogen-bond donors (Lipinski definition) is 2. The van der Waals surface area contributed by atoms with Crippen molar-refractivity contribution >= 4 is 61.6 Å². The fourth-order valence-corrected chi connectivity index (χ4v) is 4.88.